The van der Waals surface area contributed by atoms with Crippen molar-refractivity contribution in [2.24, 2.45) is 0 Å². The lowest BCUT2D eigenvalue weighted by Crippen LogP contribution is -2.15. The molecule has 0 saturated heterocycles. The number of pyridine rings is 1. The lowest BCUT2D eigenvalue weighted by molar-refractivity contribution is 0.849. The molecule has 0 aliphatic heterocycles. The van der Waals surface area contributed by atoms with Crippen molar-refractivity contribution < 1.29 is 0 Å². The molecular weight excluding hydrogens is 164 g/mol. The molecule has 1 rings (SSSR count). The van der Waals surface area contributed by atoms with Gasteiger partial charge < -0.3 is 4.98 Å². The van der Waals surface area contributed by atoms with E-state index >= 15 is 0 Å². The predicted molar refractivity (Wildman–Crippen MR) is 50.6 cm³/mol. The van der Waals surface area contributed by atoms with E-state index < -0.39 is 0 Å². The predicted octanol–water partition coefficient (Wildman–Crippen LogP) is 1.68. The van der Waals surface area contributed by atoms with Crippen molar-refractivity contribution in [1.82, 2.24) is 4.98 Å². The zero-order valence-corrected chi connectivity index (χ0v) is 8.01. The zero-order chi connectivity index (χ0) is 10.0. The number of H-pyrrole nitrogens is 1. The van der Waals surface area contributed by atoms with E-state index in [1.165, 1.54) is 0 Å². The van der Waals surface area contributed by atoms with Crippen LogP contribution in [-0.4, -0.2) is 4.98 Å². The molecule has 13 heavy (non-hydrogen) atoms. The number of aryl methyl sites for hydroxylation is 1. The summed E-state index contributed by atoms with van der Waals surface area (Å²) in [6, 6.07) is 3.78. The molecule has 68 valence electrons. The fourth-order valence-electron chi connectivity index (χ4n) is 1.28. The summed E-state index contributed by atoms with van der Waals surface area (Å²) in [6.45, 7) is 5.75. The Balaban J connectivity index is 3.50. The van der Waals surface area contributed by atoms with Gasteiger partial charge in [-0.3, -0.25) is 4.79 Å². The largest absolute Gasteiger partial charge is 0.325 e. The van der Waals surface area contributed by atoms with Crippen molar-refractivity contribution in [3.05, 3.63) is 33.2 Å². The Morgan fingerprint density at radius 3 is 2.62 bits per heavy atom. The minimum Gasteiger partial charge on any atom is -0.325 e. The van der Waals surface area contributed by atoms with Crippen LogP contribution in [0.15, 0.2) is 10.9 Å². The first kappa shape index (κ1) is 9.53. The van der Waals surface area contributed by atoms with E-state index in [9.17, 15) is 4.79 Å². The molecule has 0 atom stereocenters. The maximum absolute atomic E-state index is 11.3. The van der Waals surface area contributed by atoms with Gasteiger partial charge in [0.2, 0.25) is 0 Å². The quantitative estimate of drug-likeness (QED) is 0.707. The van der Waals surface area contributed by atoms with Crippen LogP contribution < -0.4 is 5.56 Å². The highest BCUT2D eigenvalue weighted by Gasteiger charge is 2.10. The molecule has 0 aromatic carbocycles. The summed E-state index contributed by atoms with van der Waals surface area (Å²) in [4.78, 5) is 13.9. The molecule has 0 bridgehead atoms. The van der Waals surface area contributed by atoms with Crippen LogP contribution in [0.1, 0.15) is 36.6 Å². The van der Waals surface area contributed by atoms with Gasteiger partial charge in [0, 0.05) is 5.69 Å². The van der Waals surface area contributed by atoms with E-state index in [1.54, 1.807) is 0 Å². The zero-order valence-electron chi connectivity index (χ0n) is 8.01. The maximum atomic E-state index is 11.3. The second kappa shape index (κ2) is 3.44. The van der Waals surface area contributed by atoms with Gasteiger partial charge in [-0.2, -0.15) is 5.26 Å². The highest BCUT2D eigenvalue weighted by molar-refractivity contribution is 5.38. The van der Waals surface area contributed by atoms with Gasteiger partial charge in [0.15, 0.2) is 0 Å². The Bertz CT molecular complexity index is 410. The Morgan fingerprint density at radius 2 is 2.15 bits per heavy atom. The molecule has 1 N–H and O–H groups in total. The fraction of sp³-hybridized carbons (Fsp3) is 0.400. The Morgan fingerprint density at radius 1 is 1.54 bits per heavy atom. The van der Waals surface area contributed by atoms with Gasteiger partial charge in [-0.1, -0.05) is 13.8 Å². The Kier molecular flexibility index (Phi) is 2.52. The van der Waals surface area contributed by atoms with Gasteiger partial charge in [-0.15, -0.1) is 0 Å². The first-order chi connectivity index (χ1) is 6.06. The Labute approximate surface area is 77.0 Å². The summed E-state index contributed by atoms with van der Waals surface area (Å²) < 4.78 is 0. The summed E-state index contributed by atoms with van der Waals surface area (Å²) in [6.07, 6.45) is 0. The number of nitrogens with one attached hydrogen (secondary N) is 1. The van der Waals surface area contributed by atoms with Crippen LogP contribution >= 0.6 is 0 Å². The summed E-state index contributed by atoms with van der Waals surface area (Å²) in [5, 5.41) is 8.77. The van der Waals surface area contributed by atoms with Crippen LogP contribution in [0, 0.1) is 18.3 Å². The average Bonchev–Trinajstić information content (AvgIpc) is 2.02. The fourth-order valence-corrected chi connectivity index (χ4v) is 1.28. The van der Waals surface area contributed by atoms with Crippen LogP contribution in [0.4, 0.5) is 0 Å². The smallest absolute Gasteiger partial charge is 0.266 e. The van der Waals surface area contributed by atoms with Gasteiger partial charge in [0.25, 0.3) is 5.56 Å². The topological polar surface area (TPSA) is 56.6 Å². The monoisotopic (exact) mass is 176 g/mol. The molecule has 3 heteroatoms. The molecule has 0 spiro atoms. The minimum atomic E-state index is -0.286. The van der Waals surface area contributed by atoms with Gasteiger partial charge in [-0.25, -0.2) is 0 Å². The second-order valence-corrected chi connectivity index (χ2v) is 3.38. The van der Waals surface area contributed by atoms with Crippen LogP contribution in [0.5, 0.6) is 0 Å². The number of rotatable bonds is 1. The van der Waals surface area contributed by atoms with Crippen molar-refractivity contribution in [2.75, 3.05) is 0 Å². The number of hydrogen-bond acceptors (Lipinski definition) is 2. The maximum Gasteiger partial charge on any atom is 0.266 e. The molecule has 1 aromatic heterocycles. The minimum absolute atomic E-state index is 0.204. The van der Waals surface area contributed by atoms with Crippen molar-refractivity contribution in [2.45, 2.75) is 26.7 Å². The van der Waals surface area contributed by atoms with Crippen LogP contribution in [0.3, 0.4) is 0 Å². The van der Waals surface area contributed by atoms with Crippen molar-refractivity contribution in [3.8, 4) is 6.07 Å². The van der Waals surface area contributed by atoms with E-state index in [0.717, 1.165) is 11.3 Å². The molecule has 0 amide bonds. The van der Waals surface area contributed by atoms with Crippen molar-refractivity contribution >= 4 is 0 Å². The Hall–Kier alpha value is -1.56. The SMILES string of the molecule is Cc1cc(C(C)C)c(C#N)c(=O)[nH]1. The van der Waals surface area contributed by atoms with Crippen molar-refractivity contribution in [3.63, 3.8) is 0 Å². The lowest BCUT2D eigenvalue weighted by Gasteiger charge is -2.07. The second-order valence-electron chi connectivity index (χ2n) is 3.38. The number of aromatic amines is 1. The van der Waals surface area contributed by atoms with E-state index in [0.29, 0.717) is 0 Å². The molecule has 0 aliphatic carbocycles. The van der Waals surface area contributed by atoms with Gasteiger partial charge in [-0.05, 0) is 24.5 Å². The normalized spacial score (nSPS) is 10.1. The number of nitriles is 1. The van der Waals surface area contributed by atoms with Crippen molar-refractivity contribution in [1.29, 1.82) is 5.26 Å². The van der Waals surface area contributed by atoms with Crippen LogP contribution in [-0.2, 0) is 0 Å². The first-order valence-corrected chi connectivity index (χ1v) is 4.20. The summed E-state index contributed by atoms with van der Waals surface area (Å²) >= 11 is 0. The number of aromatic nitrogens is 1. The highest BCUT2D eigenvalue weighted by Crippen LogP contribution is 2.16. The summed E-state index contributed by atoms with van der Waals surface area (Å²) in [5.74, 6) is 0.204. The van der Waals surface area contributed by atoms with Gasteiger partial charge >= 0.3 is 0 Å². The van der Waals surface area contributed by atoms with E-state index in [1.807, 2.05) is 32.9 Å². The molecule has 0 aliphatic rings. The third-order valence-electron chi connectivity index (χ3n) is 1.93. The number of nitrogens with zero attached hydrogens (tertiary/aromatic N) is 1. The average molecular weight is 176 g/mol. The molecule has 0 radical (unpaired) electrons. The standard InChI is InChI=1S/C10H12N2O/c1-6(2)8-4-7(3)12-10(13)9(8)5-11/h4,6H,1-3H3,(H,12,13). The molecule has 0 fully saturated rings. The molecule has 1 aromatic rings. The lowest BCUT2D eigenvalue weighted by atomic mass is 9.99. The van der Waals surface area contributed by atoms with Crippen LogP contribution in [0.2, 0.25) is 0 Å². The van der Waals surface area contributed by atoms with Crippen LogP contribution in [0.25, 0.3) is 0 Å². The molecule has 1 heterocycles. The van der Waals surface area contributed by atoms with Gasteiger partial charge in [0.05, 0.1) is 0 Å². The number of hydrogen-bond donors (Lipinski definition) is 1. The third-order valence-corrected chi connectivity index (χ3v) is 1.93. The van der Waals surface area contributed by atoms with E-state index in [4.69, 9.17) is 5.26 Å². The van der Waals surface area contributed by atoms with Gasteiger partial charge in [0.1, 0.15) is 11.6 Å². The van der Waals surface area contributed by atoms with E-state index in [2.05, 4.69) is 4.98 Å². The molecule has 0 unspecified atom stereocenters. The highest BCUT2D eigenvalue weighted by atomic mass is 16.1. The molecule has 0 saturated carbocycles. The first-order valence-electron chi connectivity index (χ1n) is 4.20. The molecule has 3 nitrogen and oxygen atoms in total. The molecular formula is C10H12N2O. The summed E-state index contributed by atoms with van der Waals surface area (Å²) in [7, 11) is 0. The third kappa shape index (κ3) is 1.78. The van der Waals surface area contributed by atoms with E-state index in [-0.39, 0.29) is 17.0 Å². The summed E-state index contributed by atoms with van der Waals surface area (Å²) in [5.41, 5.74) is 1.57.